The molecule has 2 aromatic heterocycles. The van der Waals surface area contributed by atoms with Crippen LogP contribution in [0.5, 0.6) is 0 Å². The van der Waals surface area contributed by atoms with E-state index >= 15 is 0 Å². The van der Waals surface area contributed by atoms with E-state index in [0.717, 1.165) is 47.9 Å². The van der Waals surface area contributed by atoms with Crippen LogP contribution in [0.15, 0.2) is 35.3 Å². The predicted octanol–water partition coefficient (Wildman–Crippen LogP) is 3.52. The standard InChI is InChI=1S/C21H26N4O2/c1-3-17(20(26)23-14-10-8-13(2)9-11-14)25-18-7-5-4-6-15(18)16-12-22-24-21(27)19(16)25/h4-7,12-14,17H,3,8-11H2,1-2H3,(H,23,26)(H,24,27). The number of nitrogens with one attached hydrogen (secondary N) is 2. The molecule has 27 heavy (non-hydrogen) atoms. The maximum atomic E-state index is 13.2. The Hall–Kier alpha value is -2.63. The molecule has 1 saturated carbocycles. The highest BCUT2D eigenvalue weighted by atomic mass is 16.2. The number of carbonyl (C=O) groups excluding carboxylic acids is 1. The number of para-hydroxylation sites is 1. The van der Waals surface area contributed by atoms with Gasteiger partial charge in [0.1, 0.15) is 11.6 Å². The normalized spacial score (nSPS) is 21.4. The molecule has 2 heterocycles. The molecule has 0 spiro atoms. The van der Waals surface area contributed by atoms with Crippen LogP contribution in [-0.2, 0) is 4.79 Å². The molecule has 1 unspecified atom stereocenters. The Balaban J connectivity index is 1.76. The van der Waals surface area contributed by atoms with Gasteiger partial charge in [0.2, 0.25) is 5.91 Å². The monoisotopic (exact) mass is 366 g/mol. The molecule has 1 amide bonds. The number of H-pyrrole nitrogens is 1. The van der Waals surface area contributed by atoms with Crippen LogP contribution in [0, 0.1) is 5.92 Å². The number of hydrogen-bond acceptors (Lipinski definition) is 3. The second-order valence-corrected chi connectivity index (χ2v) is 7.74. The summed E-state index contributed by atoms with van der Waals surface area (Å²) in [5.41, 5.74) is 1.15. The lowest BCUT2D eigenvalue weighted by molar-refractivity contribution is -0.125. The first-order chi connectivity index (χ1) is 13.1. The molecule has 1 aliphatic carbocycles. The molecular weight excluding hydrogens is 340 g/mol. The quantitative estimate of drug-likeness (QED) is 0.741. The largest absolute Gasteiger partial charge is 0.352 e. The first kappa shape index (κ1) is 17.8. The highest BCUT2D eigenvalue weighted by molar-refractivity contribution is 6.08. The number of carbonyl (C=O) groups is 1. The van der Waals surface area contributed by atoms with Gasteiger partial charge < -0.3 is 9.88 Å². The van der Waals surface area contributed by atoms with Crippen molar-refractivity contribution in [2.45, 2.75) is 58.0 Å². The Morgan fingerprint density at radius 2 is 2.00 bits per heavy atom. The molecule has 1 aromatic carbocycles. The Morgan fingerprint density at radius 1 is 1.26 bits per heavy atom. The Bertz CT molecular complexity index is 1030. The molecule has 1 fully saturated rings. The van der Waals surface area contributed by atoms with Crippen molar-refractivity contribution >= 4 is 27.7 Å². The molecule has 0 bridgehead atoms. The summed E-state index contributed by atoms with van der Waals surface area (Å²) in [5, 5.41) is 11.4. The number of fused-ring (bicyclic) bond motifs is 3. The van der Waals surface area contributed by atoms with E-state index in [0.29, 0.717) is 11.9 Å². The van der Waals surface area contributed by atoms with Gasteiger partial charge in [-0.25, -0.2) is 5.10 Å². The molecule has 0 saturated heterocycles. The molecule has 142 valence electrons. The fourth-order valence-electron chi connectivity index (χ4n) is 4.37. The molecule has 1 atom stereocenters. The van der Waals surface area contributed by atoms with E-state index < -0.39 is 6.04 Å². The van der Waals surface area contributed by atoms with Gasteiger partial charge in [-0.1, -0.05) is 32.0 Å². The van der Waals surface area contributed by atoms with Crippen molar-refractivity contribution in [3.05, 3.63) is 40.8 Å². The van der Waals surface area contributed by atoms with Crippen molar-refractivity contribution in [3.63, 3.8) is 0 Å². The molecule has 6 heteroatoms. The molecule has 3 aromatic rings. The Kier molecular flexibility index (Phi) is 4.72. The highest BCUT2D eigenvalue weighted by Gasteiger charge is 2.27. The fourth-order valence-corrected chi connectivity index (χ4v) is 4.37. The van der Waals surface area contributed by atoms with Gasteiger partial charge in [-0.3, -0.25) is 9.59 Å². The van der Waals surface area contributed by atoms with Gasteiger partial charge in [0.15, 0.2) is 0 Å². The lowest BCUT2D eigenvalue weighted by Crippen LogP contribution is -2.41. The number of nitrogens with zero attached hydrogens (tertiary/aromatic N) is 2. The summed E-state index contributed by atoms with van der Waals surface area (Å²) < 4.78 is 1.89. The first-order valence-electron chi connectivity index (χ1n) is 9.86. The summed E-state index contributed by atoms with van der Waals surface area (Å²) in [6, 6.07) is 7.63. The maximum absolute atomic E-state index is 13.2. The molecule has 0 radical (unpaired) electrons. The molecular formula is C21H26N4O2. The van der Waals surface area contributed by atoms with E-state index in [4.69, 9.17) is 0 Å². The van der Waals surface area contributed by atoms with Crippen LogP contribution in [0.1, 0.15) is 52.0 Å². The van der Waals surface area contributed by atoms with Gasteiger partial charge in [0.25, 0.3) is 5.56 Å². The minimum Gasteiger partial charge on any atom is -0.352 e. The van der Waals surface area contributed by atoms with E-state index in [-0.39, 0.29) is 17.5 Å². The highest BCUT2D eigenvalue weighted by Crippen LogP contribution is 2.31. The number of benzene rings is 1. The summed E-state index contributed by atoms with van der Waals surface area (Å²) in [7, 11) is 0. The molecule has 4 rings (SSSR count). The number of aromatic amines is 1. The van der Waals surface area contributed by atoms with Gasteiger partial charge in [-0.05, 0) is 44.1 Å². The van der Waals surface area contributed by atoms with Crippen LogP contribution >= 0.6 is 0 Å². The Labute approximate surface area is 158 Å². The van der Waals surface area contributed by atoms with Crippen LogP contribution in [0.2, 0.25) is 0 Å². The smallest absolute Gasteiger partial charge is 0.288 e. The molecule has 0 aliphatic heterocycles. The topological polar surface area (TPSA) is 79.8 Å². The van der Waals surface area contributed by atoms with Crippen LogP contribution in [0.4, 0.5) is 0 Å². The second kappa shape index (κ2) is 7.18. The second-order valence-electron chi connectivity index (χ2n) is 7.74. The SMILES string of the molecule is CCC(C(=O)NC1CCC(C)CC1)n1c2ccccc2c2cn[nH]c(=O)c21. The third-order valence-electron chi connectivity index (χ3n) is 5.89. The number of hydrogen-bond donors (Lipinski definition) is 2. The van der Waals surface area contributed by atoms with E-state index in [2.05, 4.69) is 22.4 Å². The van der Waals surface area contributed by atoms with Crippen LogP contribution < -0.4 is 10.9 Å². The van der Waals surface area contributed by atoms with E-state index in [1.807, 2.05) is 35.8 Å². The van der Waals surface area contributed by atoms with Crippen LogP contribution in [-0.4, -0.2) is 26.7 Å². The van der Waals surface area contributed by atoms with Crippen LogP contribution in [0.25, 0.3) is 21.8 Å². The minimum atomic E-state index is -0.421. The third kappa shape index (κ3) is 3.13. The van der Waals surface area contributed by atoms with Gasteiger partial charge in [-0.15, -0.1) is 0 Å². The lowest BCUT2D eigenvalue weighted by Gasteiger charge is -2.29. The summed E-state index contributed by atoms with van der Waals surface area (Å²) in [5.74, 6) is 0.736. The summed E-state index contributed by atoms with van der Waals surface area (Å²) >= 11 is 0. The van der Waals surface area contributed by atoms with Crippen molar-refractivity contribution in [1.82, 2.24) is 20.1 Å². The summed E-state index contributed by atoms with van der Waals surface area (Å²) in [6.45, 7) is 4.26. The van der Waals surface area contributed by atoms with Crippen molar-refractivity contribution < 1.29 is 4.79 Å². The van der Waals surface area contributed by atoms with Crippen molar-refractivity contribution in [1.29, 1.82) is 0 Å². The molecule has 6 nitrogen and oxygen atoms in total. The number of aromatic nitrogens is 3. The Morgan fingerprint density at radius 3 is 2.74 bits per heavy atom. The predicted molar refractivity (Wildman–Crippen MR) is 107 cm³/mol. The van der Waals surface area contributed by atoms with E-state index in [1.165, 1.54) is 0 Å². The first-order valence-corrected chi connectivity index (χ1v) is 9.86. The number of amides is 1. The minimum absolute atomic E-state index is 0.00378. The average molecular weight is 366 g/mol. The van der Waals surface area contributed by atoms with Crippen molar-refractivity contribution in [2.75, 3.05) is 0 Å². The zero-order valence-electron chi connectivity index (χ0n) is 15.9. The zero-order valence-corrected chi connectivity index (χ0v) is 15.9. The van der Waals surface area contributed by atoms with Crippen molar-refractivity contribution in [3.8, 4) is 0 Å². The van der Waals surface area contributed by atoms with E-state index in [1.54, 1.807) is 6.20 Å². The van der Waals surface area contributed by atoms with Crippen molar-refractivity contribution in [2.24, 2.45) is 5.92 Å². The van der Waals surface area contributed by atoms with Gasteiger partial charge in [0, 0.05) is 16.8 Å². The fraction of sp³-hybridized carbons (Fsp3) is 0.476. The zero-order chi connectivity index (χ0) is 19.0. The number of rotatable bonds is 4. The summed E-state index contributed by atoms with van der Waals surface area (Å²) in [6.07, 6.45) is 6.65. The molecule has 1 aliphatic rings. The van der Waals surface area contributed by atoms with Gasteiger partial charge in [0.05, 0.1) is 11.7 Å². The van der Waals surface area contributed by atoms with Gasteiger partial charge in [-0.2, -0.15) is 5.10 Å². The van der Waals surface area contributed by atoms with E-state index in [9.17, 15) is 9.59 Å². The maximum Gasteiger partial charge on any atom is 0.288 e. The summed E-state index contributed by atoms with van der Waals surface area (Å²) in [4.78, 5) is 25.7. The lowest BCUT2D eigenvalue weighted by atomic mass is 9.87. The third-order valence-corrected chi connectivity index (χ3v) is 5.89. The molecule has 2 N–H and O–H groups in total. The van der Waals surface area contributed by atoms with Gasteiger partial charge >= 0.3 is 0 Å². The average Bonchev–Trinajstić information content (AvgIpc) is 3.01. The van der Waals surface area contributed by atoms with Crippen LogP contribution in [0.3, 0.4) is 0 Å².